The van der Waals surface area contributed by atoms with Gasteiger partial charge < -0.3 is 5.32 Å². The van der Waals surface area contributed by atoms with E-state index in [0.29, 0.717) is 12.5 Å². The third kappa shape index (κ3) is 4.66. The summed E-state index contributed by atoms with van der Waals surface area (Å²) in [6.07, 6.45) is 3.39. The van der Waals surface area contributed by atoms with Crippen molar-refractivity contribution in [3.05, 3.63) is 0 Å². The second-order valence-corrected chi connectivity index (χ2v) is 5.60. The fraction of sp³-hybridized carbons (Fsp3) is 0.857. The van der Waals surface area contributed by atoms with Gasteiger partial charge in [-0.3, -0.25) is 9.69 Å². The minimum absolute atomic E-state index is 0.0287. The van der Waals surface area contributed by atoms with Gasteiger partial charge in [0.05, 0.1) is 12.6 Å². The largest absolute Gasteiger partial charge is 0.352 e. The number of nitrogens with zero attached hydrogens (tertiary/aromatic N) is 2. The van der Waals surface area contributed by atoms with Crippen LogP contribution < -0.4 is 5.32 Å². The molecule has 0 radical (unpaired) electrons. The van der Waals surface area contributed by atoms with Crippen molar-refractivity contribution < 1.29 is 4.79 Å². The van der Waals surface area contributed by atoms with E-state index in [9.17, 15) is 4.79 Å². The standard InChI is InChI=1S/C14H25N3O/c1-4-5-12-8-13(16-14(18)11(2)3)10-17(9-12)7-6-15/h11-13H,4-5,7-10H2,1-3H3,(H,16,18). The number of piperidine rings is 1. The van der Waals surface area contributed by atoms with Crippen LogP contribution in [-0.4, -0.2) is 36.5 Å². The van der Waals surface area contributed by atoms with Crippen LogP contribution in [-0.2, 0) is 4.79 Å². The quantitative estimate of drug-likeness (QED) is 0.758. The molecule has 18 heavy (non-hydrogen) atoms. The first-order valence-corrected chi connectivity index (χ1v) is 6.96. The van der Waals surface area contributed by atoms with Crippen molar-refractivity contribution in [2.75, 3.05) is 19.6 Å². The molecule has 1 amide bonds. The van der Waals surface area contributed by atoms with Gasteiger partial charge in [-0.2, -0.15) is 5.26 Å². The summed E-state index contributed by atoms with van der Waals surface area (Å²) in [7, 11) is 0. The van der Waals surface area contributed by atoms with Crippen LogP contribution in [0.25, 0.3) is 0 Å². The fourth-order valence-corrected chi connectivity index (χ4v) is 2.62. The molecule has 1 N–H and O–H groups in total. The van der Waals surface area contributed by atoms with E-state index in [-0.39, 0.29) is 17.9 Å². The van der Waals surface area contributed by atoms with Crippen LogP contribution in [0.1, 0.15) is 40.0 Å². The molecule has 102 valence electrons. The minimum atomic E-state index is 0.0287. The third-order valence-electron chi connectivity index (χ3n) is 3.47. The number of carbonyl (C=O) groups excluding carboxylic acids is 1. The van der Waals surface area contributed by atoms with Gasteiger partial charge in [0.2, 0.25) is 5.91 Å². The zero-order valence-electron chi connectivity index (χ0n) is 11.8. The number of hydrogen-bond acceptors (Lipinski definition) is 3. The smallest absolute Gasteiger partial charge is 0.222 e. The lowest BCUT2D eigenvalue weighted by Gasteiger charge is -2.37. The Morgan fingerprint density at radius 3 is 2.78 bits per heavy atom. The van der Waals surface area contributed by atoms with E-state index >= 15 is 0 Å². The highest BCUT2D eigenvalue weighted by molar-refractivity contribution is 5.78. The summed E-state index contributed by atoms with van der Waals surface area (Å²) in [5.74, 6) is 0.754. The Morgan fingerprint density at radius 2 is 2.22 bits per heavy atom. The molecule has 0 aromatic carbocycles. The number of amides is 1. The van der Waals surface area contributed by atoms with Crippen molar-refractivity contribution in [1.29, 1.82) is 5.26 Å². The van der Waals surface area contributed by atoms with Crippen LogP contribution in [0.5, 0.6) is 0 Å². The zero-order chi connectivity index (χ0) is 13.5. The summed E-state index contributed by atoms with van der Waals surface area (Å²) < 4.78 is 0. The zero-order valence-corrected chi connectivity index (χ0v) is 11.8. The van der Waals surface area contributed by atoms with Gasteiger partial charge in [0.15, 0.2) is 0 Å². The molecular formula is C14H25N3O. The fourth-order valence-electron chi connectivity index (χ4n) is 2.62. The van der Waals surface area contributed by atoms with Crippen LogP contribution in [0, 0.1) is 23.2 Å². The summed E-state index contributed by atoms with van der Waals surface area (Å²) in [5, 5.41) is 11.9. The van der Waals surface area contributed by atoms with Crippen LogP contribution in [0.3, 0.4) is 0 Å². The van der Waals surface area contributed by atoms with Crippen LogP contribution in [0.15, 0.2) is 0 Å². The Bertz CT molecular complexity index is 309. The molecule has 0 aliphatic carbocycles. The lowest BCUT2D eigenvalue weighted by Crippen LogP contribution is -2.51. The first-order chi connectivity index (χ1) is 8.56. The molecule has 4 heteroatoms. The maximum Gasteiger partial charge on any atom is 0.222 e. The Morgan fingerprint density at radius 1 is 1.50 bits per heavy atom. The van der Waals surface area contributed by atoms with E-state index in [1.54, 1.807) is 0 Å². The Hall–Kier alpha value is -1.08. The summed E-state index contributed by atoms with van der Waals surface area (Å²) in [6.45, 7) is 8.28. The van der Waals surface area contributed by atoms with E-state index in [1.807, 2.05) is 13.8 Å². The molecule has 1 heterocycles. The van der Waals surface area contributed by atoms with Crippen LogP contribution in [0.4, 0.5) is 0 Å². The van der Waals surface area contributed by atoms with Crippen molar-refractivity contribution in [3.8, 4) is 6.07 Å². The average Bonchev–Trinajstić information content (AvgIpc) is 2.29. The van der Waals surface area contributed by atoms with Gasteiger partial charge in [-0.05, 0) is 18.8 Å². The van der Waals surface area contributed by atoms with Crippen molar-refractivity contribution in [1.82, 2.24) is 10.2 Å². The van der Waals surface area contributed by atoms with E-state index < -0.39 is 0 Å². The van der Waals surface area contributed by atoms with Gasteiger partial charge in [0.1, 0.15) is 0 Å². The highest BCUT2D eigenvalue weighted by Gasteiger charge is 2.27. The van der Waals surface area contributed by atoms with Crippen LogP contribution >= 0.6 is 0 Å². The SMILES string of the molecule is CCCC1CC(NC(=O)C(C)C)CN(CC#N)C1. The number of nitriles is 1. The first kappa shape index (κ1) is 15.0. The average molecular weight is 251 g/mol. The summed E-state index contributed by atoms with van der Waals surface area (Å²) >= 11 is 0. The molecule has 1 aliphatic rings. The predicted molar refractivity (Wildman–Crippen MR) is 71.8 cm³/mol. The molecule has 0 bridgehead atoms. The molecule has 1 aliphatic heterocycles. The Balaban J connectivity index is 2.55. The number of carbonyl (C=O) groups is 1. The maximum atomic E-state index is 11.7. The number of rotatable bonds is 5. The number of likely N-dealkylation sites (tertiary alicyclic amines) is 1. The molecule has 0 saturated carbocycles. The molecule has 0 aromatic rings. The number of hydrogen-bond donors (Lipinski definition) is 1. The minimum Gasteiger partial charge on any atom is -0.352 e. The Kier molecular flexibility index (Phi) is 6.14. The highest BCUT2D eigenvalue weighted by atomic mass is 16.1. The topological polar surface area (TPSA) is 56.1 Å². The van der Waals surface area contributed by atoms with Crippen molar-refractivity contribution >= 4 is 5.91 Å². The van der Waals surface area contributed by atoms with Gasteiger partial charge in [0.25, 0.3) is 0 Å². The lowest BCUT2D eigenvalue weighted by molar-refractivity contribution is -0.125. The van der Waals surface area contributed by atoms with Crippen molar-refractivity contribution in [2.45, 2.75) is 46.1 Å². The van der Waals surface area contributed by atoms with E-state index in [0.717, 1.165) is 25.9 Å². The van der Waals surface area contributed by atoms with E-state index in [1.165, 1.54) is 6.42 Å². The summed E-state index contributed by atoms with van der Waals surface area (Å²) in [5.41, 5.74) is 0. The summed E-state index contributed by atoms with van der Waals surface area (Å²) in [6, 6.07) is 2.42. The van der Waals surface area contributed by atoms with E-state index in [4.69, 9.17) is 5.26 Å². The molecule has 0 aromatic heterocycles. The second-order valence-electron chi connectivity index (χ2n) is 5.60. The molecule has 1 fully saturated rings. The maximum absolute atomic E-state index is 11.7. The normalized spacial score (nSPS) is 24.8. The third-order valence-corrected chi connectivity index (χ3v) is 3.47. The molecular weight excluding hydrogens is 226 g/mol. The van der Waals surface area contributed by atoms with Gasteiger partial charge in [-0.1, -0.05) is 27.2 Å². The Labute approximate surface area is 110 Å². The first-order valence-electron chi connectivity index (χ1n) is 6.96. The lowest BCUT2D eigenvalue weighted by atomic mass is 9.90. The van der Waals surface area contributed by atoms with Crippen molar-refractivity contribution in [3.63, 3.8) is 0 Å². The van der Waals surface area contributed by atoms with E-state index in [2.05, 4.69) is 23.2 Å². The van der Waals surface area contributed by atoms with Gasteiger partial charge >= 0.3 is 0 Å². The summed E-state index contributed by atoms with van der Waals surface area (Å²) in [4.78, 5) is 13.9. The highest BCUT2D eigenvalue weighted by Crippen LogP contribution is 2.21. The number of nitrogens with one attached hydrogen (secondary N) is 1. The van der Waals surface area contributed by atoms with Gasteiger partial charge in [-0.15, -0.1) is 0 Å². The molecule has 1 rings (SSSR count). The molecule has 1 saturated heterocycles. The molecule has 2 atom stereocenters. The molecule has 2 unspecified atom stereocenters. The van der Waals surface area contributed by atoms with Crippen LogP contribution in [0.2, 0.25) is 0 Å². The van der Waals surface area contributed by atoms with Crippen molar-refractivity contribution in [2.24, 2.45) is 11.8 Å². The van der Waals surface area contributed by atoms with Gasteiger partial charge in [-0.25, -0.2) is 0 Å². The molecule has 0 spiro atoms. The second kappa shape index (κ2) is 7.38. The molecule has 4 nitrogen and oxygen atoms in total. The monoisotopic (exact) mass is 251 g/mol. The predicted octanol–water partition coefficient (Wildman–Crippen LogP) is 1.77. The van der Waals surface area contributed by atoms with Gasteiger partial charge in [0, 0.05) is 25.0 Å².